The molecule has 0 atom stereocenters. The summed E-state index contributed by atoms with van der Waals surface area (Å²) in [7, 11) is 7.09. The first kappa shape index (κ1) is 21.1. The minimum absolute atomic E-state index is 0.0349. The lowest BCUT2D eigenvalue weighted by Crippen LogP contribution is -2.08. The summed E-state index contributed by atoms with van der Waals surface area (Å²) in [4.78, 5) is 6.99. The van der Waals surface area contributed by atoms with Gasteiger partial charge in [0, 0.05) is 36.8 Å². The number of benzene rings is 2. The fourth-order valence-electron chi connectivity index (χ4n) is 4.24. The van der Waals surface area contributed by atoms with Crippen molar-refractivity contribution in [3.8, 4) is 40.0 Å². The zero-order valence-electron chi connectivity index (χ0n) is 18.6. The number of hydrogen-bond donors (Lipinski definition) is 1. The Hall–Kier alpha value is -3.15. The fourth-order valence-corrected chi connectivity index (χ4v) is 4.24. The molecule has 1 fully saturated rings. The number of aromatic nitrogens is 1. The molecule has 1 saturated carbocycles. The van der Waals surface area contributed by atoms with E-state index in [1.165, 1.54) is 33.5 Å². The Morgan fingerprint density at radius 1 is 0.935 bits per heavy atom. The van der Waals surface area contributed by atoms with E-state index in [0.717, 1.165) is 35.5 Å². The molecular weight excluding hydrogens is 392 g/mol. The van der Waals surface area contributed by atoms with Crippen LogP contribution in [0.2, 0.25) is 0 Å². The van der Waals surface area contributed by atoms with Gasteiger partial charge in [0.05, 0.1) is 14.2 Å². The van der Waals surface area contributed by atoms with Crippen LogP contribution in [0.4, 0.5) is 5.69 Å². The molecule has 6 heteroatoms. The first-order chi connectivity index (χ1) is 15.0. The molecule has 3 aromatic rings. The second-order valence-corrected chi connectivity index (χ2v) is 8.24. The first-order valence-electron chi connectivity index (χ1n) is 10.8. The van der Waals surface area contributed by atoms with Gasteiger partial charge in [-0.05, 0) is 37.1 Å². The molecule has 0 aliphatic heterocycles. The standard InChI is InChI=1S/C25H30N2O4/c1-27(2)19-12-10-16(11-13-19)22-24(17-8-6-5-7-9-17)31-25(26-22)18-14-20(29-3)23(28)21(15-18)30-4/h10-15,17,28H,5-9H2,1-4H3. The molecule has 31 heavy (non-hydrogen) atoms. The van der Waals surface area contributed by atoms with E-state index < -0.39 is 0 Å². The molecule has 0 amide bonds. The summed E-state index contributed by atoms with van der Waals surface area (Å²) in [5.74, 6) is 2.42. The van der Waals surface area contributed by atoms with Crippen LogP contribution in [0.25, 0.3) is 22.7 Å². The summed E-state index contributed by atoms with van der Waals surface area (Å²) in [6.45, 7) is 0. The van der Waals surface area contributed by atoms with E-state index >= 15 is 0 Å². The first-order valence-corrected chi connectivity index (χ1v) is 10.8. The third-order valence-corrected chi connectivity index (χ3v) is 6.01. The van der Waals surface area contributed by atoms with Gasteiger partial charge < -0.3 is 23.9 Å². The number of phenols is 1. The third kappa shape index (κ3) is 4.20. The third-order valence-electron chi connectivity index (χ3n) is 6.01. The van der Waals surface area contributed by atoms with Gasteiger partial charge in [0.1, 0.15) is 11.5 Å². The van der Waals surface area contributed by atoms with Gasteiger partial charge in [-0.25, -0.2) is 4.98 Å². The Bertz CT molecular complexity index is 1010. The van der Waals surface area contributed by atoms with Crippen molar-refractivity contribution in [2.45, 2.75) is 38.0 Å². The lowest BCUT2D eigenvalue weighted by Gasteiger charge is -2.20. The predicted molar refractivity (Wildman–Crippen MR) is 122 cm³/mol. The lowest BCUT2D eigenvalue weighted by molar-refractivity contribution is 0.339. The molecule has 0 saturated heterocycles. The highest BCUT2D eigenvalue weighted by Gasteiger charge is 2.26. The summed E-state index contributed by atoms with van der Waals surface area (Å²) in [6, 6.07) is 11.9. The van der Waals surface area contributed by atoms with Crippen LogP contribution < -0.4 is 14.4 Å². The average Bonchev–Trinajstić information content (AvgIpc) is 3.25. The van der Waals surface area contributed by atoms with Crippen molar-refractivity contribution < 1.29 is 19.0 Å². The number of anilines is 1. The number of ether oxygens (including phenoxy) is 2. The molecule has 0 spiro atoms. The molecule has 2 aromatic carbocycles. The number of phenolic OH excluding ortho intramolecular Hbond substituents is 1. The van der Waals surface area contributed by atoms with Gasteiger partial charge in [-0.3, -0.25) is 0 Å². The largest absolute Gasteiger partial charge is 0.502 e. The van der Waals surface area contributed by atoms with Crippen molar-refractivity contribution in [3.05, 3.63) is 42.2 Å². The van der Waals surface area contributed by atoms with Gasteiger partial charge in [-0.15, -0.1) is 0 Å². The highest BCUT2D eigenvalue weighted by atomic mass is 16.5. The van der Waals surface area contributed by atoms with Crippen LogP contribution in [0.15, 0.2) is 40.8 Å². The Balaban J connectivity index is 1.82. The van der Waals surface area contributed by atoms with Crippen LogP contribution in [0.1, 0.15) is 43.8 Å². The number of methoxy groups -OCH3 is 2. The number of nitrogens with zero attached hydrogens (tertiary/aromatic N) is 2. The molecule has 164 valence electrons. The summed E-state index contributed by atoms with van der Waals surface area (Å²) in [5.41, 5.74) is 3.77. The van der Waals surface area contributed by atoms with Crippen LogP contribution in [0, 0.1) is 0 Å². The summed E-state index contributed by atoms with van der Waals surface area (Å²) in [5, 5.41) is 10.3. The Labute approximate surface area is 183 Å². The van der Waals surface area contributed by atoms with Gasteiger partial charge in [-0.2, -0.15) is 0 Å². The molecule has 1 aliphatic rings. The molecule has 6 nitrogen and oxygen atoms in total. The zero-order chi connectivity index (χ0) is 22.0. The summed E-state index contributed by atoms with van der Waals surface area (Å²) < 4.78 is 17.0. The maximum atomic E-state index is 10.3. The summed E-state index contributed by atoms with van der Waals surface area (Å²) >= 11 is 0. The molecule has 1 aromatic heterocycles. The van der Waals surface area contributed by atoms with Crippen LogP contribution >= 0.6 is 0 Å². The maximum absolute atomic E-state index is 10.3. The van der Waals surface area contributed by atoms with E-state index in [1.807, 2.05) is 14.1 Å². The fraction of sp³-hybridized carbons (Fsp3) is 0.400. The normalized spacial score (nSPS) is 14.5. The molecule has 0 unspecified atom stereocenters. The smallest absolute Gasteiger partial charge is 0.227 e. The van der Waals surface area contributed by atoms with Crippen molar-refractivity contribution in [1.82, 2.24) is 4.98 Å². The van der Waals surface area contributed by atoms with Crippen molar-refractivity contribution in [1.29, 1.82) is 0 Å². The van der Waals surface area contributed by atoms with Gasteiger partial charge in [-0.1, -0.05) is 31.4 Å². The zero-order valence-corrected chi connectivity index (χ0v) is 18.6. The summed E-state index contributed by atoms with van der Waals surface area (Å²) in [6.07, 6.45) is 5.91. The second kappa shape index (κ2) is 8.92. The highest BCUT2D eigenvalue weighted by Crippen LogP contribution is 2.44. The van der Waals surface area contributed by atoms with Crippen LogP contribution in [0.3, 0.4) is 0 Å². The van der Waals surface area contributed by atoms with Crippen LogP contribution in [0.5, 0.6) is 17.2 Å². The quantitative estimate of drug-likeness (QED) is 0.538. The molecule has 1 N–H and O–H groups in total. The van der Waals surface area contributed by atoms with E-state index in [0.29, 0.717) is 28.9 Å². The number of hydrogen-bond acceptors (Lipinski definition) is 6. The molecule has 4 rings (SSSR count). The molecule has 1 heterocycles. The second-order valence-electron chi connectivity index (χ2n) is 8.24. The SMILES string of the molecule is COc1cc(-c2nc(-c3ccc(N(C)C)cc3)c(C3CCCCC3)o2)cc(OC)c1O. The lowest BCUT2D eigenvalue weighted by atomic mass is 9.86. The minimum Gasteiger partial charge on any atom is -0.502 e. The topological polar surface area (TPSA) is 68.0 Å². The number of oxazole rings is 1. The van der Waals surface area contributed by atoms with E-state index in [-0.39, 0.29) is 5.75 Å². The van der Waals surface area contributed by atoms with Crippen LogP contribution in [-0.2, 0) is 0 Å². The molecule has 0 bridgehead atoms. The van der Waals surface area contributed by atoms with Crippen molar-refractivity contribution in [2.24, 2.45) is 0 Å². The molecule has 1 aliphatic carbocycles. The van der Waals surface area contributed by atoms with Crippen molar-refractivity contribution in [2.75, 3.05) is 33.2 Å². The molecular formula is C25H30N2O4. The highest BCUT2D eigenvalue weighted by molar-refractivity contribution is 5.71. The molecule has 0 radical (unpaired) electrons. The van der Waals surface area contributed by atoms with E-state index in [9.17, 15) is 5.11 Å². The van der Waals surface area contributed by atoms with Crippen molar-refractivity contribution >= 4 is 5.69 Å². The van der Waals surface area contributed by atoms with Gasteiger partial charge in [0.25, 0.3) is 0 Å². The van der Waals surface area contributed by atoms with Gasteiger partial charge >= 0.3 is 0 Å². The Kier molecular flexibility index (Phi) is 6.07. The Morgan fingerprint density at radius 2 is 1.55 bits per heavy atom. The maximum Gasteiger partial charge on any atom is 0.227 e. The van der Waals surface area contributed by atoms with Gasteiger partial charge in [0.15, 0.2) is 11.5 Å². The van der Waals surface area contributed by atoms with Gasteiger partial charge in [0.2, 0.25) is 11.6 Å². The number of rotatable bonds is 6. The van der Waals surface area contributed by atoms with Crippen molar-refractivity contribution in [3.63, 3.8) is 0 Å². The van der Waals surface area contributed by atoms with E-state index in [1.54, 1.807) is 12.1 Å². The van der Waals surface area contributed by atoms with E-state index in [2.05, 4.69) is 29.2 Å². The van der Waals surface area contributed by atoms with E-state index in [4.69, 9.17) is 18.9 Å². The minimum atomic E-state index is -0.0349. The monoisotopic (exact) mass is 422 g/mol. The predicted octanol–water partition coefficient (Wildman–Crippen LogP) is 5.85. The van der Waals surface area contributed by atoms with Crippen LogP contribution in [-0.4, -0.2) is 38.4 Å². The average molecular weight is 423 g/mol. The number of aromatic hydroxyl groups is 1. The Morgan fingerprint density at radius 3 is 2.10 bits per heavy atom.